The number of nitrogens with zero attached hydrogens (tertiary/aromatic N) is 1. The molecule has 0 aliphatic carbocycles. The largest absolute Gasteiger partial charge is 0.341 e. The number of carbonyl (C=O) groups is 1. The zero-order chi connectivity index (χ0) is 16.2. The van der Waals surface area contributed by atoms with Crippen molar-refractivity contribution in [2.24, 2.45) is 11.7 Å². The lowest BCUT2D eigenvalue weighted by atomic mass is 9.89. The van der Waals surface area contributed by atoms with Crippen molar-refractivity contribution < 1.29 is 4.79 Å². The second kappa shape index (κ2) is 8.32. The molecule has 24 heavy (non-hydrogen) atoms. The van der Waals surface area contributed by atoms with E-state index >= 15 is 0 Å². The van der Waals surface area contributed by atoms with Crippen LogP contribution < -0.4 is 5.73 Å². The highest BCUT2D eigenvalue weighted by Crippen LogP contribution is 2.32. The van der Waals surface area contributed by atoms with Crippen LogP contribution in [0.4, 0.5) is 0 Å². The predicted octanol–water partition coefficient (Wildman–Crippen LogP) is 3.16. The van der Waals surface area contributed by atoms with E-state index in [-0.39, 0.29) is 18.3 Å². The van der Waals surface area contributed by atoms with E-state index in [2.05, 4.69) is 37.3 Å². The molecule has 0 unspecified atom stereocenters. The van der Waals surface area contributed by atoms with Crippen LogP contribution in [-0.4, -0.2) is 30.4 Å². The molecule has 2 N–H and O–H groups in total. The lowest BCUT2D eigenvalue weighted by Crippen LogP contribution is -2.31. The highest BCUT2D eigenvalue weighted by molar-refractivity contribution is 5.85. The maximum atomic E-state index is 12.7. The minimum Gasteiger partial charge on any atom is -0.341 e. The molecule has 1 aliphatic rings. The summed E-state index contributed by atoms with van der Waals surface area (Å²) in [5, 5.41) is 0. The number of carbonyl (C=O) groups excluding carboxylic acids is 1. The van der Waals surface area contributed by atoms with E-state index in [0.29, 0.717) is 24.8 Å². The molecule has 2 aromatic carbocycles. The van der Waals surface area contributed by atoms with Gasteiger partial charge in [0.2, 0.25) is 5.91 Å². The summed E-state index contributed by atoms with van der Waals surface area (Å²) in [6.07, 6.45) is 0.478. The molecule has 0 radical (unpaired) electrons. The Kier molecular flexibility index (Phi) is 6.41. The van der Waals surface area contributed by atoms with Crippen molar-refractivity contribution >= 4 is 18.3 Å². The first-order chi connectivity index (χ1) is 11.2. The Bertz CT molecular complexity index is 674. The first-order valence-electron chi connectivity index (χ1n) is 8.26. The van der Waals surface area contributed by atoms with Crippen LogP contribution in [-0.2, 0) is 11.2 Å². The van der Waals surface area contributed by atoms with Crippen molar-refractivity contribution in [1.29, 1.82) is 0 Å². The van der Waals surface area contributed by atoms with Crippen molar-refractivity contribution in [1.82, 2.24) is 4.90 Å². The number of aryl methyl sites for hydroxylation is 1. The summed E-state index contributed by atoms with van der Waals surface area (Å²) in [5.41, 5.74) is 9.54. The molecule has 2 atom stereocenters. The number of amides is 1. The van der Waals surface area contributed by atoms with Gasteiger partial charge in [0.1, 0.15) is 0 Å². The van der Waals surface area contributed by atoms with Gasteiger partial charge in [0.25, 0.3) is 0 Å². The Labute approximate surface area is 150 Å². The van der Waals surface area contributed by atoms with Crippen LogP contribution >= 0.6 is 12.4 Å². The van der Waals surface area contributed by atoms with Gasteiger partial charge in [-0.1, -0.05) is 54.6 Å². The smallest absolute Gasteiger partial charge is 0.227 e. The summed E-state index contributed by atoms with van der Waals surface area (Å²) in [5.74, 6) is 0.899. The van der Waals surface area contributed by atoms with Crippen molar-refractivity contribution in [3.63, 3.8) is 0 Å². The van der Waals surface area contributed by atoms with Gasteiger partial charge in [-0.05, 0) is 36.1 Å². The average molecular weight is 345 g/mol. The fourth-order valence-corrected chi connectivity index (χ4v) is 3.47. The monoisotopic (exact) mass is 344 g/mol. The van der Waals surface area contributed by atoms with Gasteiger partial charge in [0.05, 0.1) is 6.42 Å². The molecule has 1 amide bonds. The molecule has 1 aliphatic heterocycles. The van der Waals surface area contributed by atoms with Crippen LogP contribution in [0, 0.1) is 12.8 Å². The molecule has 3 rings (SSSR count). The first kappa shape index (κ1) is 18.5. The van der Waals surface area contributed by atoms with E-state index in [1.807, 2.05) is 29.2 Å². The molecule has 0 bridgehead atoms. The van der Waals surface area contributed by atoms with Crippen LogP contribution in [0.1, 0.15) is 22.6 Å². The molecule has 0 aromatic heterocycles. The third kappa shape index (κ3) is 3.97. The number of hydrogen-bond acceptors (Lipinski definition) is 2. The maximum Gasteiger partial charge on any atom is 0.227 e. The number of likely N-dealkylation sites (tertiary alicyclic amines) is 1. The molecule has 0 saturated carbocycles. The summed E-state index contributed by atoms with van der Waals surface area (Å²) < 4.78 is 0. The highest BCUT2D eigenvalue weighted by atomic mass is 35.5. The highest BCUT2D eigenvalue weighted by Gasteiger charge is 2.35. The van der Waals surface area contributed by atoms with E-state index in [1.165, 1.54) is 11.1 Å². The number of hydrogen-bond donors (Lipinski definition) is 1. The number of nitrogens with two attached hydrogens (primary N) is 1. The Morgan fingerprint density at radius 3 is 2.42 bits per heavy atom. The average Bonchev–Trinajstić information content (AvgIpc) is 3.02. The molecule has 1 fully saturated rings. The van der Waals surface area contributed by atoms with Crippen LogP contribution in [0.5, 0.6) is 0 Å². The van der Waals surface area contributed by atoms with Gasteiger partial charge in [-0.15, -0.1) is 12.4 Å². The second-order valence-electron chi connectivity index (χ2n) is 6.41. The minimum atomic E-state index is 0. The Morgan fingerprint density at radius 2 is 1.75 bits per heavy atom. The molecule has 1 heterocycles. The van der Waals surface area contributed by atoms with Gasteiger partial charge in [-0.3, -0.25) is 4.79 Å². The molecule has 4 heteroatoms. The molecular weight excluding hydrogens is 320 g/mol. The van der Waals surface area contributed by atoms with E-state index in [4.69, 9.17) is 5.73 Å². The number of halogens is 1. The molecule has 2 aromatic rings. The molecular formula is C20H25ClN2O. The van der Waals surface area contributed by atoms with Crippen LogP contribution in [0.15, 0.2) is 54.6 Å². The Hall–Kier alpha value is -1.84. The van der Waals surface area contributed by atoms with Gasteiger partial charge in [0, 0.05) is 19.0 Å². The summed E-state index contributed by atoms with van der Waals surface area (Å²) in [7, 11) is 0. The van der Waals surface area contributed by atoms with Gasteiger partial charge in [0.15, 0.2) is 0 Å². The van der Waals surface area contributed by atoms with Crippen molar-refractivity contribution in [3.05, 3.63) is 71.3 Å². The second-order valence-corrected chi connectivity index (χ2v) is 6.41. The van der Waals surface area contributed by atoms with Gasteiger partial charge in [-0.2, -0.15) is 0 Å². The predicted molar refractivity (Wildman–Crippen MR) is 100 cm³/mol. The summed E-state index contributed by atoms with van der Waals surface area (Å²) in [6, 6.07) is 18.5. The zero-order valence-electron chi connectivity index (χ0n) is 14.0. The molecule has 3 nitrogen and oxygen atoms in total. The quantitative estimate of drug-likeness (QED) is 0.926. The van der Waals surface area contributed by atoms with Crippen LogP contribution in [0.25, 0.3) is 0 Å². The van der Waals surface area contributed by atoms with Crippen LogP contribution in [0.2, 0.25) is 0 Å². The van der Waals surface area contributed by atoms with Gasteiger partial charge < -0.3 is 10.6 Å². The molecule has 128 valence electrons. The van der Waals surface area contributed by atoms with Crippen molar-refractivity contribution in [2.75, 3.05) is 19.6 Å². The third-order valence-corrected chi connectivity index (χ3v) is 4.93. The lowest BCUT2D eigenvalue weighted by molar-refractivity contribution is -0.129. The summed E-state index contributed by atoms with van der Waals surface area (Å²) in [4.78, 5) is 14.7. The fraction of sp³-hybridized carbons (Fsp3) is 0.350. The summed E-state index contributed by atoms with van der Waals surface area (Å²) >= 11 is 0. The lowest BCUT2D eigenvalue weighted by Gasteiger charge is -2.17. The van der Waals surface area contributed by atoms with Crippen LogP contribution in [0.3, 0.4) is 0 Å². The SMILES string of the molecule is Cc1ccccc1CC(=O)N1C[C@@H](CN)[C@H](c2ccccc2)C1.Cl. The van der Waals surface area contributed by atoms with E-state index in [9.17, 15) is 4.79 Å². The fourth-order valence-electron chi connectivity index (χ4n) is 3.47. The molecule has 0 spiro atoms. The minimum absolute atomic E-state index is 0. The van der Waals surface area contributed by atoms with Crippen molar-refractivity contribution in [2.45, 2.75) is 19.3 Å². The number of rotatable bonds is 4. The number of benzene rings is 2. The van der Waals surface area contributed by atoms with E-state index in [0.717, 1.165) is 18.7 Å². The topological polar surface area (TPSA) is 46.3 Å². The standard InChI is InChI=1S/C20H24N2O.ClH/c1-15-7-5-6-10-17(15)11-20(23)22-13-18(12-21)19(14-22)16-8-3-2-4-9-16;/h2-10,18-19H,11-14,21H2,1H3;1H/t18-,19+;/m1./s1. The summed E-state index contributed by atoms with van der Waals surface area (Å²) in [6.45, 7) is 4.22. The van der Waals surface area contributed by atoms with E-state index in [1.54, 1.807) is 0 Å². The zero-order valence-corrected chi connectivity index (χ0v) is 14.8. The maximum absolute atomic E-state index is 12.7. The Morgan fingerprint density at radius 1 is 1.08 bits per heavy atom. The first-order valence-corrected chi connectivity index (χ1v) is 8.26. The van der Waals surface area contributed by atoms with E-state index < -0.39 is 0 Å². The normalized spacial score (nSPS) is 19.8. The van der Waals surface area contributed by atoms with Gasteiger partial charge in [-0.25, -0.2) is 0 Å². The van der Waals surface area contributed by atoms with Crippen molar-refractivity contribution in [3.8, 4) is 0 Å². The molecule has 1 saturated heterocycles. The Balaban J connectivity index is 0.00000208. The van der Waals surface area contributed by atoms with Gasteiger partial charge >= 0.3 is 0 Å². The third-order valence-electron chi connectivity index (χ3n) is 4.93.